The van der Waals surface area contributed by atoms with E-state index in [1.165, 1.54) is 4.68 Å². The van der Waals surface area contributed by atoms with Gasteiger partial charge in [-0.25, -0.2) is 4.68 Å². The van der Waals surface area contributed by atoms with Gasteiger partial charge in [0.15, 0.2) is 0 Å². The van der Waals surface area contributed by atoms with Gasteiger partial charge in [-0.3, -0.25) is 0 Å². The highest BCUT2D eigenvalue weighted by Crippen LogP contribution is 2.29. The van der Waals surface area contributed by atoms with Crippen molar-refractivity contribution in [3.05, 3.63) is 47.8 Å². The molecule has 0 amide bonds. The average molecular weight is 268 g/mol. The van der Waals surface area contributed by atoms with Gasteiger partial charge in [0.1, 0.15) is 0 Å². The zero-order valence-corrected chi connectivity index (χ0v) is 11.0. The molecule has 0 atom stereocenters. The van der Waals surface area contributed by atoms with Crippen LogP contribution >= 0.6 is 0 Å². The Bertz CT molecular complexity index is 577. The Morgan fingerprint density at radius 2 is 1.74 bits per heavy atom. The maximum absolute atomic E-state index is 12.5. The van der Waals surface area contributed by atoms with Crippen LogP contribution in [0, 0.1) is 0 Å². The molecule has 0 saturated carbocycles. The summed E-state index contributed by atoms with van der Waals surface area (Å²) in [6, 6.07) is 7.37. The third-order valence-electron chi connectivity index (χ3n) is 2.89. The fourth-order valence-electron chi connectivity index (χ4n) is 1.73. The molecule has 2 nitrogen and oxygen atoms in total. The topological polar surface area (TPSA) is 17.8 Å². The highest BCUT2D eigenvalue weighted by atomic mass is 19.4. The highest BCUT2D eigenvalue weighted by Gasteiger charge is 2.32. The number of halogens is 3. The van der Waals surface area contributed by atoms with E-state index in [9.17, 15) is 13.2 Å². The summed E-state index contributed by atoms with van der Waals surface area (Å²) in [5.74, 6) is 0. The van der Waals surface area contributed by atoms with Crippen LogP contribution in [0.15, 0.2) is 36.7 Å². The average Bonchev–Trinajstić information content (AvgIpc) is 2.77. The number of nitrogens with zero attached hydrogens (tertiary/aromatic N) is 2. The van der Waals surface area contributed by atoms with Gasteiger partial charge in [0.25, 0.3) is 0 Å². The summed E-state index contributed by atoms with van der Waals surface area (Å²) in [5.41, 5.74) is 0.876. The van der Waals surface area contributed by atoms with Crippen LogP contribution in [0.2, 0.25) is 0 Å². The maximum Gasteiger partial charge on any atom is 0.419 e. The molecular formula is C14H15F3N2. The molecule has 1 aromatic carbocycles. The highest BCUT2D eigenvalue weighted by molar-refractivity contribution is 5.38. The summed E-state index contributed by atoms with van der Waals surface area (Å²) in [6.07, 6.45) is -2.52. The van der Waals surface area contributed by atoms with Gasteiger partial charge in [0, 0.05) is 6.20 Å². The normalized spacial score (nSPS) is 12.7. The van der Waals surface area contributed by atoms with Crippen LogP contribution in [-0.4, -0.2) is 9.78 Å². The molecule has 0 radical (unpaired) electrons. The van der Waals surface area contributed by atoms with E-state index in [0.29, 0.717) is 5.69 Å². The van der Waals surface area contributed by atoms with Gasteiger partial charge < -0.3 is 0 Å². The van der Waals surface area contributed by atoms with Crippen molar-refractivity contribution < 1.29 is 13.2 Å². The number of benzene rings is 1. The lowest BCUT2D eigenvalue weighted by atomic mass is 9.87. The molecule has 1 heterocycles. The van der Waals surface area contributed by atoms with Crippen LogP contribution in [0.5, 0.6) is 0 Å². The Balaban J connectivity index is 2.40. The lowest BCUT2D eigenvalue weighted by molar-refractivity contribution is -0.137. The molecule has 0 aliphatic carbocycles. The number of rotatable bonds is 1. The van der Waals surface area contributed by atoms with E-state index in [1.807, 2.05) is 18.2 Å². The van der Waals surface area contributed by atoms with Gasteiger partial charge in [0.2, 0.25) is 0 Å². The van der Waals surface area contributed by atoms with Crippen molar-refractivity contribution >= 4 is 0 Å². The fraction of sp³-hybridized carbons (Fsp3) is 0.357. The molecule has 0 aliphatic heterocycles. The van der Waals surface area contributed by atoms with Crippen molar-refractivity contribution in [2.45, 2.75) is 32.4 Å². The van der Waals surface area contributed by atoms with Gasteiger partial charge in [0.05, 0.1) is 17.4 Å². The van der Waals surface area contributed by atoms with E-state index in [0.717, 1.165) is 18.0 Å². The van der Waals surface area contributed by atoms with Crippen LogP contribution < -0.4 is 0 Å². The molecule has 19 heavy (non-hydrogen) atoms. The van der Waals surface area contributed by atoms with Crippen molar-refractivity contribution in [1.82, 2.24) is 9.78 Å². The molecule has 0 N–H and O–H groups in total. The molecular weight excluding hydrogens is 253 g/mol. The first-order valence-corrected chi connectivity index (χ1v) is 5.91. The Morgan fingerprint density at radius 1 is 1.05 bits per heavy atom. The summed E-state index contributed by atoms with van der Waals surface area (Å²) in [5, 5.41) is 3.77. The monoisotopic (exact) mass is 268 g/mol. The Hall–Kier alpha value is -1.78. The zero-order valence-electron chi connectivity index (χ0n) is 11.0. The number of aromatic nitrogens is 2. The molecule has 2 rings (SSSR count). The van der Waals surface area contributed by atoms with Crippen molar-refractivity contribution in [1.29, 1.82) is 0 Å². The van der Waals surface area contributed by atoms with Gasteiger partial charge in [-0.1, -0.05) is 32.9 Å². The minimum atomic E-state index is -4.36. The van der Waals surface area contributed by atoms with Gasteiger partial charge >= 0.3 is 6.18 Å². The first-order chi connectivity index (χ1) is 8.68. The van der Waals surface area contributed by atoms with Gasteiger partial charge in [-0.05, 0) is 23.1 Å². The second-order valence-electron chi connectivity index (χ2n) is 5.47. The molecule has 0 unspecified atom stereocenters. The van der Waals surface area contributed by atoms with Gasteiger partial charge in [-0.15, -0.1) is 0 Å². The third-order valence-corrected chi connectivity index (χ3v) is 2.89. The summed E-state index contributed by atoms with van der Waals surface area (Å²) < 4.78 is 38.8. The van der Waals surface area contributed by atoms with E-state index in [1.54, 1.807) is 6.07 Å². The molecule has 0 bridgehead atoms. The molecule has 0 spiro atoms. The molecule has 0 aliphatic rings. The van der Waals surface area contributed by atoms with Crippen molar-refractivity contribution in [3.8, 4) is 5.69 Å². The van der Waals surface area contributed by atoms with E-state index in [2.05, 4.69) is 25.9 Å². The summed E-state index contributed by atoms with van der Waals surface area (Å²) in [7, 11) is 0. The van der Waals surface area contributed by atoms with Crippen LogP contribution in [0.25, 0.3) is 5.69 Å². The largest absolute Gasteiger partial charge is 0.419 e. The number of hydrogen-bond acceptors (Lipinski definition) is 1. The minimum absolute atomic E-state index is 0.0595. The van der Waals surface area contributed by atoms with Crippen LogP contribution in [-0.2, 0) is 11.6 Å². The minimum Gasteiger partial charge on any atom is -0.240 e. The van der Waals surface area contributed by atoms with Crippen LogP contribution in [0.3, 0.4) is 0 Å². The lowest BCUT2D eigenvalue weighted by Gasteiger charge is -2.19. The van der Waals surface area contributed by atoms with Crippen LogP contribution in [0.4, 0.5) is 13.2 Å². The Morgan fingerprint density at radius 3 is 2.26 bits per heavy atom. The standard InChI is InChI=1S/C14H15F3N2/c1-13(2,3)10-5-4-6-12(7-10)19-9-11(8-18-19)14(15,16)17/h4-9H,1-3H3. The van der Waals surface area contributed by atoms with Crippen LogP contribution in [0.1, 0.15) is 31.9 Å². The van der Waals surface area contributed by atoms with E-state index >= 15 is 0 Å². The lowest BCUT2D eigenvalue weighted by Crippen LogP contribution is -2.11. The smallest absolute Gasteiger partial charge is 0.240 e. The maximum atomic E-state index is 12.5. The van der Waals surface area contributed by atoms with E-state index in [4.69, 9.17) is 0 Å². The second-order valence-corrected chi connectivity index (χ2v) is 5.47. The molecule has 1 aromatic heterocycles. The van der Waals surface area contributed by atoms with Crippen molar-refractivity contribution in [2.75, 3.05) is 0 Å². The summed E-state index contributed by atoms with van der Waals surface area (Å²) in [4.78, 5) is 0. The predicted molar refractivity (Wildman–Crippen MR) is 67.3 cm³/mol. The van der Waals surface area contributed by atoms with Gasteiger partial charge in [-0.2, -0.15) is 18.3 Å². The van der Waals surface area contributed by atoms with E-state index in [-0.39, 0.29) is 5.41 Å². The first kappa shape index (κ1) is 13.6. The third kappa shape index (κ3) is 2.97. The Kier molecular flexibility index (Phi) is 3.16. The molecule has 102 valence electrons. The van der Waals surface area contributed by atoms with Crippen molar-refractivity contribution in [3.63, 3.8) is 0 Å². The predicted octanol–water partition coefficient (Wildman–Crippen LogP) is 4.19. The second kappa shape index (κ2) is 4.40. The molecule has 5 heteroatoms. The Labute approximate surface area is 109 Å². The van der Waals surface area contributed by atoms with Crippen molar-refractivity contribution in [2.24, 2.45) is 0 Å². The number of hydrogen-bond donors (Lipinski definition) is 0. The quantitative estimate of drug-likeness (QED) is 0.758. The number of alkyl halides is 3. The fourth-order valence-corrected chi connectivity index (χ4v) is 1.73. The molecule has 0 saturated heterocycles. The SMILES string of the molecule is CC(C)(C)c1cccc(-n2cc(C(F)(F)F)cn2)c1. The molecule has 2 aromatic rings. The molecule has 0 fully saturated rings. The first-order valence-electron chi connectivity index (χ1n) is 5.91. The van der Waals surface area contributed by atoms with E-state index < -0.39 is 11.7 Å². The summed E-state index contributed by atoms with van der Waals surface area (Å²) in [6.45, 7) is 6.16. The summed E-state index contributed by atoms with van der Waals surface area (Å²) >= 11 is 0. The zero-order chi connectivity index (χ0) is 14.3.